The van der Waals surface area contributed by atoms with E-state index in [2.05, 4.69) is 4.72 Å². The minimum Gasteiger partial charge on any atom is -0.383 e. The molecule has 3 N–H and O–H groups in total. The highest BCUT2D eigenvalue weighted by atomic mass is 35.5. The number of ether oxygens (including phenoxy) is 1. The second kappa shape index (κ2) is 8.29. The van der Waals surface area contributed by atoms with Gasteiger partial charge in [-0.3, -0.25) is 0 Å². The molecule has 0 rings (SSSR count). The molecule has 0 radical (unpaired) electrons. The quantitative estimate of drug-likeness (QED) is 0.680. The highest BCUT2D eigenvalue weighted by Gasteiger charge is 2.19. The number of hydrogen-bond donors (Lipinski definition) is 2. The van der Waals surface area contributed by atoms with Gasteiger partial charge in [-0.05, 0) is 20.3 Å². The van der Waals surface area contributed by atoms with Crippen molar-refractivity contribution in [3.63, 3.8) is 0 Å². The van der Waals surface area contributed by atoms with E-state index in [0.29, 0.717) is 13.0 Å². The number of rotatable bonds is 7. The fraction of sp³-hybridized carbons (Fsp3) is 1.00. The van der Waals surface area contributed by atoms with E-state index >= 15 is 0 Å². The summed E-state index contributed by atoms with van der Waals surface area (Å²) < 4.78 is 30.2. The predicted octanol–water partition coefficient (Wildman–Crippen LogP) is 0.0998. The maximum absolute atomic E-state index is 11.5. The van der Waals surface area contributed by atoms with Crippen LogP contribution < -0.4 is 10.5 Å². The molecule has 0 aliphatic rings. The molecule has 0 heterocycles. The van der Waals surface area contributed by atoms with Crippen LogP contribution in [0.25, 0.3) is 0 Å². The number of sulfonamides is 1. The molecule has 0 fully saturated rings. The lowest BCUT2D eigenvalue weighted by atomic mass is 10.3. The molecule has 0 bridgehead atoms. The summed E-state index contributed by atoms with van der Waals surface area (Å²) in [4.78, 5) is 0. The van der Waals surface area contributed by atoms with E-state index in [1.54, 1.807) is 6.92 Å². The lowest BCUT2D eigenvalue weighted by molar-refractivity contribution is 0.200. The molecule has 7 heteroatoms. The van der Waals surface area contributed by atoms with E-state index in [-0.39, 0.29) is 25.1 Å². The van der Waals surface area contributed by atoms with Gasteiger partial charge in [-0.15, -0.1) is 12.4 Å². The fourth-order valence-electron chi connectivity index (χ4n) is 0.895. The monoisotopic (exact) mass is 260 g/mol. The van der Waals surface area contributed by atoms with Crippen molar-refractivity contribution in [3.8, 4) is 0 Å². The summed E-state index contributed by atoms with van der Waals surface area (Å²) in [7, 11) is -1.77. The molecule has 5 nitrogen and oxygen atoms in total. The van der Waals surface area contributed by atoms with Gasteiger partial charge in [0.2, 0.25) is 10.0 Å². The summed E-state index contributed by atoms with van der Waals surface area (Å²) in [5.41, 5.74) is 5.50. The average molecular weight is 261 g/mol. The highest BCUT2D eigenvalue weighted by Crippen LogP contribution is 1.98. The Morgan fingerprint density at radius 3 is 2.33 bits per heavy atom. The Balaban J connectivity index is 0. The van der Waals surface area contributed by atoms with Gasteiger partial charge in [0.25, 0.3) is 0 Å². The van der Waals surface area contributed by atoms with Crippen LogP contribution in [0, 0.1) is 0 Å². The third-order valence-electron chi connectivity index (χ3n) is 1.83. The van der Waals surface area contributed by atoms with Gasteiger partial charge in [-0.25, -0.2) is 13.1 Å². The minimum absolute atomic E-state index is 0. The summed E-state index contributed by atoms with van der Waals surface area (Å²) >= 11 is 0. The first kappa shape index (κ1) is 17.5. The first-order valence-corrected chi connectivity index (χ1v) is 6.17. The topological polar surface area (TPSA) is 81.4 Å². The van der Waals surface area contributed by atoms with E-state index < -0.39 is 15.3 Å². The number of methoxy groups -OCH3 is 1. The molecule has 15 heavy (non-hydrogen) atoms. The lowest BCUT2D eigenvalue weighted by Crippen LogP contribution is -2.37. The molecule has 0 aromatic heterocycles. The molecule has 0 aliphatic heterocycles. The normalized spacial score (nSPS) is 15.5. The van der Waals surface area contributed by atoms with Gasteiger partial charge < -0.3 is 10.5 Å². The maximum Gasteiger partial charge on any atom is 0.216 e. The van der Waals surface area contributed by atoms with E-state index in [0.717, 1.165) is 0 Å². The second-order valence-corrected chi connectivity index (χ2v) is 5.65. The molecule has 0 amide bonds. The van der Waals surface area contributed by atoms with Crippen molar-refractivity contribution in [2.24, 2.45) is 5.73 Å². The minimum atomic E-state index is -3.25. The third kappa shape index (κ3) is 7.98. The average Bonchev–Trinajstić information content (AvgIpc) is 2.03. The summed E-state index contributed by atoms with van der Waals surface area (Å²) in [5.74, 6) is 0. The standard InChI is InChI=1S/C8H20N2O3S.ClH/c1-7(9)4-5-10-14(11,12)8(2)6-13-3;/h7-8,10H,4-6,9H2,1-3H3;1H. The Hall–Kier alpha value is 0.120. The van der Waals surface area contributed by atoms with Crippen molar-refractivity contribution in [2.75, 3.05) is 20.3 Å². The molecule has 0 spiro atoms. The maximum atomic E-state index is 11.5. The molecule has 2 atom stereocenters. The van der Waals surface area contributed by atoms with Crippen LogP contribution in [-0.2, 0) is 14.8 Å². The smallest absolute Gasteiger partial charge is 0.216 e. The van der Waals surface area contributed by atoms with Crippen molar-refractivity contribution in [3.05, 3.63) is 0 Å². The van der Waals surface area contributed by atoms with Crippen LogP contribution in [0.5, 0.6) is 0 Å². The number of hydrogen-bond acceptors (Lipinski definition) is 4. The molecule has 94 valence electrons. The van der Waals surface area contributed by atoms with Gasteiger partial charge in [0.05, 0.1) is 11.9 Å². The predicted molar refractivity (Wildman–Crippen MR) is 63.8 cm³/mol. The van der Waals surface area contributed by atoms with Crippen LogP contribution in [-0.4, -0.2) is 40.0 Å². The number of nitrogens with one attached hydrogen (secondary N) is 1. The molecule has 0 aromatic rings. The third-order valence-corrected chi connectivity index (χ3v) is 3.64. The molecule has 0 aromatic carbocycles. The van der Waals surface area contributed by atoms with Crippen LogP contribution in [0.3, 0.4) is 0 Å². The largest absolute Gasteiger partial charge is 0.383 e. The second-order valence-electron chi connectivity index (χ2n) is 3.47. The van der Waals surface area contributed by atoms with Crippen molar-refractivity contribution >= 4 is 22.4 Å². The lowest BCUT2D eigenvalue weighted by Gasteiger charge is -2.13. The van der Waals surface area contributed by atoms with Crippen LogP contribution in [0.1, 0.15) is 20.3 Å². The Bertz CT molecular complexity index is 244. The van der Waals surface area contributed by atoms with Crippen LogP contribution in [0.15, 0.2) is 0 Å². The molecular weight excluding hydrogens is 240 g/mol. The Labute approximate surface area is 98.2 Å². The fourth-order valence-corrected chi connectivity index (χ4v) is 1.90. The van der Waals surface area contributed by atoms with Gasteiger partial charge in [-0.1, -0.05) is 0 Å². The summed E-state index contributed by atoms with van der Waals surface area (Å²) in [6.45, 7) is 4.03. The van der Waals surface area contributed by atoms with E-state index in [1.165, 1.54) is 7.11 Å². The first-order valence-electron chi connectivity index (χ1n) is 4.63. The Morgan fingerprint density at radius 1 is 1.40 bits per heavy atom. The van der Waals surface area contributed by atoms with Crippen LogP contribution in [0.2, 0.25) is 0 Å². The van der Waals surface area contributed by atoms with Gasteiger partial charge in [-0.2, -0.15) is 0 Å². The van der Waals surface area contributed by atoms with Gasteiger partial charge in [0, 0.05) is 19.7 Å². The zero-order valence-corrected chi connectivity index (χ0v) is 11.0. The number of nitrogens with two attached hydrogens (primary N) is 1. The van der Waals surface area contributed by atoms with Crippen LogP contribution in [0.4, 0.5) is 0 Å². The number of halogens is 1. The summed E-state index contributed by atoms with van der Waals surface area (Å²) in [6.07, 6.45) is 0.638. The zero-order valence-electron chi connectivity index (χ0n) is 9.39. The van der Waals surface area contributed by atoms with Crippen molar-refractivity contribution in [2.45, 2.75) is 31.6 Å². The molecule has 0 saturated heterocycles. The van der Waals surface area contributed by atoms with E-state index in [1.807, 2.05) is 6.92 Å². The van der Waals surface area contributed by atoms with E-state index in [9.17, 15) is 8.42 Å². The molecular formula is C8H21ClN2O3S. The van der Waals surface area contributed by atoms with E-state index in [4.69, 9.17) is 10.5 Å². The zero-order chi connectivity index (χ0) is 11.2. The van der Waals surface area contributed by atoms with Crippen LogP contribution >= 0.6 is 12.4 Å². The van der Waals surface area contributed by atoms with Gasteiger partial charge in [0.15, 0.2) is 0 Å². The molecule has 0 aliphatic carbocycles. The Kier molecular flexibility index (Phi) is 9.68. The Morgan fingerprint density at radius 2 is 1.93 bits per heavy atom. The van der Waals surface area contributed by atoms with Gasteiger partial charge >= 0.3 is 0 Å². The van der Waals surface area contributed by atoms with Crippen molar-refractivity contribution < 1.29 is 13.2 Å². The highest BCUT2D eigenvalue weighted by molar-refractivity contribution is 7.90. The van der Waals surface area contributed by atoms with Crippen molar-refractivity contribution in [1.82, 2.24) is 4.72 Å². The SMILES string of the molecule is COCC(C)S(=O)(=O)NCCC(C)N.Cl. The summed E-state index contributed by atoms with van der Waals surface area (Å²) in [6, 6.07) is 0.00966. The molecule has 2 unspecified atom stereocenters. The first-order chi connectivity index (χ1) is 6.40. The summed E-state index contributed by atoms with van der Waals surface area (Å²) in [5, 5.41) is -0.527. The van der Waals surface area contributed by atoms with Crippen molar-refractivity contribution in [1.29, 1.82) is 0 Å². The molecule has 0 saturated carbocycles. The van der Waals surface area contributed by atoms with Gasteiger partial charge in [0.1, 0.15) is 0 Å².